The quantitative estimate of drug-likeness (QED) is 0.873. The van der Waals surface area contributed by atoms with Gasteiger partial charge in [-0.1, -0.05) is 36.4 Å². The summed E-state index contributed by atoms with van der Waals surface area (Å²) in [5.74, 6) is 0.789. The molecule has 4 rings (SSSR count). The molecule has 1 atom stereocenters. The van der Waals surface area contributed by atoms with Gasteiger partial charge in [-0.15, -0.1) is 0 Å². The number of nitrogens with one attached hydrogen (secondary N) is 1. The van der Waals surface area contributed by atoms with Gasteiger partial charge in [0.2, 0.25) is 0 Å². The molecular weight excluding hydrogens is 274 g/mol. The molecule has 3 heteroatoms. The molecule has 0 radical (unpaired) electrons. The van der Waals surface area contributed by atoms with E-state index in [-0.39, 0.29) is 12.0 Å². The van der Waals surface area contributed by atoms with Crippen molar-refractivity contribution in [3.05, 3.63) is 64.7 Å². The molecule has 0 bridgehead atoms. The number of hydrogen-bond donors (Lipinski definition) is 1. The van der Waals surface area contributed by atoms with Crippen LogP contribution in [0.2, 0.25) is 0 Å². The normalized spacial score (nSPS) is 20.1. The van der Waals surface area contributed by atoms with E-state index in [1.54, 1.807) is 0 Å². The Morgan fingerprint density at radius 1 is 1.05 bits per heavy atom. The minimum absolute atomic E-state index is 0.0490. The van der Waals surface area contributed by atoms with E-state index in [1.165, 1.54) is 4.90 Å². The van der Waals surface area contributed by atoms with Crippen LogP contribution in [0.15, 0.2) is 53.6 Å². The van der Waals surface area contributed by atoms with Gasteiger partial charge in [0.15, 0.2) is 5.78 Å². The highest BCUT2D eigenvalue weighted by molar-refractivity contribution is 6.25. The third-order valence-electron chi connectivity index (χ3n) is 4.43. The molecule has 110 valence electrons. The Kier molecular flexibility index (Phi) is 2.75. The molecule has 0 spiro atoms. The van der Waals surface area contributed by atoms with E-state index in [9.17, 15) is 4.79 Å². The van der Waals surface area contributed by atoms with E-state index in [2.05, 4.69) is 14.1 Å². The summed E-state index contributed by atoms with van der Waals surface area (Å²) in [5, 5.41) is 2.09. The molecule has 3 nitrogen and oxygen atoms in total. The summed E-state index contributed by atoms with van der Waals surface area (Å²) in [6, 6.07) is 12.0. The van der Waals surface area contributed by atoms with Gasteiger partial charge in [0.05, 0.1) is 19.7 Å². The van der Waals surface area contributed by atoms with Crippen molar-refractivity contribution in [2.45, 2.75) is 13.2 Å². The standard InChI is InChI=1S/C19H17NO2/c1-11-10-15-17(21)13-8-4-6-12-7-5-9-14(16(12)13)18(15)22-19(11)20(2)3/h4-10,19H,1-3H3/p+1/t19-/m0/s1. The van der Waals surface area contributed by atoms with Crippen molar-refractivity contribution < 1.29 is 14.4 Å². The van der Waals surface area contributed by atoms with Crippen LogP contribution in [0.3, 0.4) is 0 Å². The second kappa shape index (κ2) is 4.55. The van der Waals surface area contributed by atoms with Crippen LogP contribution in [-0.4, -0.2) is 26.1 Å². The number of fused-ring (bicyclic) bond motifs is 1. The van der Waals surface area contributed by atoms with E-state index in [0.717, 1.165) is 33.2 Å². The Labute approximate surface area is 129 Å². The van der Waals surface area contributed by atoms with E-state index in [4.69, 9.17) is 4.74 Å². The molecular formula is C19H18NO2+. The summed E-state index contributed by atoms with van der Waals surface area (Å²) in [5.41, 5.74) is 3.56. The fourth-order valence-electron chi connectivity index (χ4n) is 3.46. The molecule has 2 aromatic rings. The minimum atomic E-state index is -0.0490. The van der Waals surface area contributed by atoms with Crippen LogP contribution in [0.4, 0.5) is 0 Å². The summed E-state index contributed by atoms with van der Waals surface area (Å²) in [6.45, 7) is 2.02. The number of Topliss-reactive ketones (excluding diaryl/α,β-unsaturated/α-hetero) is 1. The predicted octanol–water partition coefficient (Wildman–Crippen LogP) is 2.19. The Hall–Kier alpha value is -2.39. The molecule has 0 unspecified atom stereocenters. The summed E-state index contributed by atoms with van der Waals surface area (Å²) in [6.07, 6.45) is 1.94. The van der Waals surface area contributed by atoms with Gasteiger partial charge in [0, 0.05) is 22.1 Å². The second-order valence-electron chi connectivity index (χ2n) is 6.24. The van der Waals surface area contributed by atoms with Gasteiger partial charge in [0.1, 0.15) is 5.76 Å². The Bertz CT molecular complexity index is 869. The predicted molar refractivity (Wildman–Crippen MR) is 86.6 cm³/mol. The largest absolute Gasteiger partial charge is 0.437 e. The second-order valence-corrected chi connectivity index (χ2v) is 6.24. The fraction of sp³-hybridized carbons (Fsp3) is 0.211. The van der Waals surface area contributed by atoms with E-state index in [0.29, 0.717) is 5.57 Å². The van der Waals surface area contributed by atoms with Crippen LogP contribution in [0, 0.1) is 0 Å². The zero-order chi connectivity index (χ0) is 15.4. The maximum Gasteiger partial charge on any atom is 0.254 e. The first-order chi connectivity index (χ1) is 10.6. The van der Waals surface area contributed by atoms with Crippen molar-refractivity contribution in [2.75, 3.05) is 14.1 Å². The van der Waals surface area contributed by atoms with Gasteiger partial charge in [-0.05, 0) is 18.4 Å². The molecule has 1 aliphatic heterocycles. The number of rotatable bonds is 1. The Morgan fingerprint density at radius 2 is 1.73 bits per heavy atom. The lowest BCUT2D eigenvalue weighted by atomic mass is 9.85. The van der Waals surface area contributed by atoms with E-state index >= 15 is 0 Å². The zero-order valence-corrected chi connectivity index (χ0v) is 12.9. The number of hydrogen-bond acceptors (Lipinski definition) is 2. The number of carbonyl (C=O) groups is 1. The van der Waals surface area contributed by atoms with Gasteiger partial charge in [0.25, 0.3) is 6.23 Å². The topological polar surface area (TPSA) is 30.7 Å². The van der Waals surface area contributed by atoms with Gasteiger partial charge >= 0.3 is 0 Å². The molecule has 2 aliphatic rings. The number of quaternary nitrogens is 1. The van der Waals surface area contributed by atoms with Crippen LogP contribution in [0.1, 0.15) is 22.8 Å². The Morgan fingerprint density at radius 3 is 2.41 bits per heavy atom. The van der Waals surface area contributed by atoms with Gasteiger partial charge in [-0.3, -0.25) is 4.79 Å². The van der Waals surface area contributed by atoms with Gasteiger partial charge < -0.3 is 9.64 Å². The van der Waals surface area contributed by atoms with E-state index < -0.39 is 0 Å². The van der Waals surface area contributed by atoms with Crippen LogP contribution in [-0.2, 0) is 4.74 Å². The van der Waals surface area contributed by atoms with Crippen molar-refractivity contribution in [2.24, 2.45) is 0 Å². The number of allylic oxidation sites excluding steroid dienone is 2. The first-order valence-electron chi connectivity index (χ1n) is 7.54. The highest BCUT2D eigenvalue weighted by atomic mass is 16.5. The van der Waals surface area contributed by atoms with Crippen LogP contribution in [0.25, 0.3) is 16.5 Å². The summed E-state index contributed by atoms with van der Waals surface area (Å²) < 4.78 is 6.24. The molecule has 22 heavy (non-hydrogen) atoms. The van der Waals surface area contributed by atoms with Crippen molar-refractivity contribution >= 4 is 22.3 Å². The van der Waals surface area contributed by atoms with E-state index in [1.807, 2.05) is 49.4 Å². The third kappa shape index (κ3) is 1.69. The van der Waals surface area contributed by atoms with Crippen molar-refractivity contribution in [1.82, 2.24) is 0 Å². The molecule has 1 heterocycles. The SMILES string of the molecule is CC1=CC2=C(O[C@@H]1[NH+](C)C)c1cccc3cccc(c13)C2=O. The van der Waals surface area contributed by atoms with Crippen LogP contribution >= 0.6 is 0 Å². The average Bonchev–Trinajstić information content (AvgIpc) is 2.51. The number of carbonyl (C=O) groups excluding carboxylic acids is 1. The molecule has 0 amide bonds. The summed E-state index contributed by atoms with van der Waals surface area (Å²) >= 11 is 0. The van der Waals surface area contributed by atoms with Gasteiger partial charge in [-0.2, -0.15) is 0 Å². The fourth-order valence-corrected chi connectivity index (χ4v) is 3.46. The maximum absolute atomic E-state index is 12.9. The lowest BCUT2D eigenvalue weighted by Gasteiger charge is -2.31. The lowest BCUT2D eigenvalue weighted by molar-refractivity contribution is -0.901. The third-order valence-corrected chi connectivity index (χ3v) is 4.43. The molecule has 1 aliphatic carbocycles. The molecule has 2 aromatic carbocycles. The minimum Gasteiger partial charge on any atom is -0.437 e. The molecule has 0 fully saturated rings. The van der Waals surface area contributed by atoms with Crippen molar-refractivity contribution in [1.29, 1.82) is 0 Å². The number of ketones is 1. The van der Waals surface area contributed by atoms with Crippen LogP contribution in [0.5, 0.6) is 0 Å². The molecule has 0 saturated carbocycles. The highest BCUT2D eigenvalue weighted by Crippen LogP contribution is 2.40. The zero-order valence-electron chi connectivity index (χ0n) is 12.9. The summed E-state index contributed by atoms with van der Waals surface area (Å²) in [7, 11) is 4.12. The van der Waals surface area contributed by atoms with Gasteiger partial charge in [-0.25, -0.2) is 0 Å². The maximum atomic E-state index is 12.9. The number of ether oxygens (including phenoxy) is 1. The first kappa shape index (κ1) is 13.3. The first-order valence-corrected chi connectivity index (χ1v) is 7.54. The number of likely N-dealkylation sites (N-methyl/N-ethyl adjacent to an activating group) is 1. The van der Waals surface area contributed by atoms with Crippen molar-refractivity contribution in [3.8, 4) is 0 Å². The number of benzene rings is 2. The molecule has 0 saturated heterocycles. The smallest absolute Gasteiger partial charge is 0.254 e. The lowest BCUT2D eigenvalue weighted by Crippen LogP contribution is -3.10. The highest BCUT2D eigenvalue weighted by Gasteiger charge is 2.34. The average molecular weight is 292 g/mol. The monoisotopic (exact) mass is 292 g/mol. The summed E-state index contributed by atoms with van der Waals surface area (Å²) in [4.78, 5) is 14.1. The van der Waals surface area contributed by atoms with Crippen molar-refractivity contribution in [3.63, 3.8) is 0 Å². The van der Waals surface area contributed by atoms with Crippen LogP contribution < -0.4 is 4.90 Å². The Balaban J connectivity index is 2.02. The molecule has 1 N–H and O–H groups in total. The molecule has 0 aromatic heterocycles.